The number of carbonyl (C=O) groups excluding carboxylic acids is 2. The Bertz CT molecular complexity index is 411. The molecule has 0 aromatic carbocycles. The Balaban J connectivity index is 0. The van der Waals surface area contributed by atoms with E-state index in [0.717, 1.165) is 25.7 Å². The lowest BCUT2D eigenvalue weighted by atomic mass is 10.1. The summed E-state index contributed by atoms with van der Waals surface area (Å²) in [5.41, 5.74) is 0. The molecule has 0 saturated heterocycles. The molecule has 0 rings (SSSR count). The maximum absolute atomic E-state index is 11.8. The summed E-state index contributed by atoms with van der Waals surface area (Å²) in [6.07, 6.45) is 16.6. The molecule has 0 radical (unpaired) electrons. The number of carbonyl (C=O) groups is 2. The van der Waals surface area contributed by atoms with Crippen molar-refractivity contribution in [1.82, 2.24) is 0 Å². The van der Waals surface area contributed by atoms with Crippen molar-refractivity contribution in [3.05, 3.63) is 0 Å². The van der Waals surface area contributed by atoms with Crippen molar-refractivity contribution in [3.63, 3.8) is 0 Å². The van der Waals surface area contributed by atoms with E-state index < -0.39 is 6.10 Å². The van der Waals surface area contributed by atoms with Crippen molar-refractivity contribution >= 4 is 11.9 Å². The van der Waals surface area contributed by atoms with Crippen molar-refractivity contribution in [2.75, 3.05) is 13.2 Å². The van der Waals surface area contributed by atoms with Crippen LogP contribution in [0, 0.1) is 0 Å². The third-order valence-corrected chi connectivity index (χ3v) is 5.04. The summed E-state index contributed by atoms with van der Waals surface area (Å²) in [6, 6.07) is 0. The number of aliphatic hydroxyl groups excluding tert-OH is 2. The lowest BCUT2D eigenvalue weighted by Gasteiger charge is -2.13. The van der Waals surface area contributed by atoms with Gasteiger partial charge in [0.1, 0.15) is 12.7 Å². The molecule has 32 heavy (non-hydrogen) atoms. The molecule has 2 unspecified atom stereocenters. The van der Waals surface area contributed by atoms with Gasteiger partial charge in [-0.15, -0.1) is 0 Å². The fourth-order valence-electron chi connectivity index (χ4n) is 3.05. The molecule has 0 aromatic heterocycles. The third kappa shape index (κ3) is 28.9. The van der Waals surface area contributed by atoms with E-state index in [-0.39, 0.29) is 31.3 Å². The molecule has 0 spiro atoms. The zero-order valence-electron chi connectivity index (χ0n) is 21.4. The third-order valence-electron chi connectivity index (χ3n) is 5.04. The normalized spacial score (nSPS) is 12.4. The molecule has 0 fully saturated rings. The van der Waals surface area contributed by atoms with Crippen LogP contribution in [0.25, 0.3) is 0 Å². The zero-order valence-corrected chi connectivity index (χ0v) is 21.4. The van der Waals surface area contributed by atoms with Gasteiger partial charge in [0.15, 0.2) is 0 Å². The molecule has 2 N–H and O–H groups in total. The number of unbranched alkanes of at least 4 members (excludes halogenated alkanes) is 12. The maximum atomic E-state index is 11.8. The summed E-state index contributed by atoms with van der Waals surface area (Å²) >= 11 is 0. The number of hydrogen-bond acceptors (Lipinski definition) is 6. The monoisotopic (exact) mass is 460 g/mol. The fraction of sp³-hybridized carbons (Fsp3) is 0.923. The highest BCUT2D eigenvalue weighted by Crippen LogP contribution is 2.10. The van der Waals surface area contributed by atoms with Crippen LogP contribution >= 0.6 is 0 Å². The molecule has 0 aliphatic carbocycles. The lowest BCUT2D eigenvalue weighted by molar-refractivity contribution is -0.158. The van der Waals surface area contributed by atoms with Crippen LogP contribution in [0.4, 0.5) is 0 Å². The van der Waals surface area contributed by atoms with Crippen LogP contribution in [0.15, 0.2) is 0 Å². The van der Waals surface area contributed by atoms with E-state index in [1.807, 2.05) is 0 Å². The van der Waals surface area contributed by atoms with Crippen LogP contribution in [-0.2, 0) is 19.1 Å². The van der Waals surface area contributed by atoms with Crippen molar-refractivity contribution < 1.29 is 29.3 Å². The first-order chi connectivity index (χ1) is 15.4. The highest BCUT2D eigenvalue weighted by atomic mass is 16.6. The molecule has 0 saturated carbocycles. The number of esters is 2. The summed E-state index contributed by atoms with van der Waals surface area (Å²) < 4.78 is 10.5. The molecular weight excluding hydrogens is 408 g/mol. The number of ether oxygens (including phenoxy) is 2. The van der Waals surface area contributed by atoms with Crippen molar-refractivity contribution in [1.29, 1.82) is 0 Å². The van der Waals surface area contributed by atoms with Crippen LogP contribution in [0.5, 0.6) is 0 Å². The van der Waals surface area contributed by atoms with E-state index in [2.05, 4.69) is 13.8 Å². The van der Waals surface area contributed by atoms with E-state index >= 15 is 0 Å². The number of rotatable bonds is 20. The summed E-state index contributed by atoms with van der Waals surface area (Å²) in [7, 11) is 0. The largest absolute Gasteiger partial charge is 0.462 e. The van der Waals surface area contributed by atoms with Crippen molar-refractivity contribution in [2.45, 2.75) is 143 Å². The van der Waals surface area contributed by atoms with Gasteiger partial charge in [0.2, 0.25) is 0 Å². The SMILES string of the molecule is CC(O)CO.CCCCCCCCCC(=O)OCC(C)OC(=O)CCCCCCCCC. The van der Waals surface area contributed by atoms with E-state index in [1.165, 1.54) is 71.1 Å². The van der Waals surface area contributed by atoms with Crippen LogP contribution in [-0.4, -0.2) is 47.6 Å². The lowest BCUT2D eigenvalue weighted by Crippen LogP contribution is -2.22. The van der Waals surface area contributed by atoms with E-state index in [1.54, 1.807) is 6.92 Å². The Morgan fingerprint density at radius 3 is 1.47 bits per heavy atom. The van der Waals surface area contributed by atoms with E-state index in [4.69, 9.17) is 19.7 Å². The Hall–Kier alpha value is -1.14. The predicted octanol–water partition coefficient (Wildman–Crippen LogP) is 6.10. The van der Waals surface area contributed by atoms with Crippen molar-refractivity contribution in [2.24, 2.45) is 0 Å². The van der Waals surface area contributed by atoms with Gasteiger partial charge in [-0.05, 0) is 26.7 Å². The van der Waals surface area contributed by atoms with Gasteiger partial charge >= 0.3 is 11.9 Å². The molecule has 0 bridgehead atoms. The second kappa shape index (κ2) is 26.1. The number of aliphatic hydroxyl groups is 2. The summed E-state index contributed by atoms with van der Waals surface area (Å²) in [6.45, 7) is 7.76. The number of hydrogen-bond donors (Lipinski definition) is 2. The average molecular weight is 461 g/mol. The molecule has 0 heterocycles. The smallest absolute Gasteiger partial charge is 0.306 e. The van der Waals surface area contributed by atoms with Crippen LogP contribution < -0.4 is 0 Å². The minimum Gasteiger partial charge on any atom is -0.462 e. The molecule has 0 amide bonds. The van der Waals surface area contributed by atoms with Gasteiger partial charge in [0, 0.05) is 12.8 Å². The van der Waals surface area contributed by atoms with Gasteiger partial charge in [-0.25, -0.2) is 0 Å². The van der Waals surface area contributed by atoms with Gasteiger partial charge in [0.25, 0.3) is 0 Å². The van der Waals surface area contributed by atoms with Crippen LogP contribution in [0.2, 0.25) is 0 Å². The van der Waals surface area contributed by atoms with Gasteiger partial charge < -0.3 is 19.7 Å². The molecule has 0 aromatic rings. The summed E-state index contributed by atoms with van der Waals surface area (Å²) in [5, 5.41) is 16.0. The Morgan fingerprint density at radius 1 is 0.688 bits per heavy atom. The molecular formula is C26H52O6. The highest BCUT2D eigenvalue weighted by Gasteiger charge is 2.12. The summed E-state index contributed by atoms with van der Waals surface area (Å²) in [5.74, 6) is -0.363. The van der Waals surface area contributed by atoms with E-state index in [0.29, 0.717) is 12.8 Å². The average Bonchev–Trinajstić information content (AvgIpc) is 2.76. The first-order valence-corrected chi connectivity index (χ1v) is 13.0. The van der Waals surface area contributed by atoms with Gasteiger partial charge in [-0.3, -0.25) is 9.59 Å². The Kier molecular flexibility index (Phi) is 27.0. The van der Waals surface area contributed by atoms with Crippen molar-refractivity contribution in [3.8, 4) is 0 Å². The minimum absolute atomic E-state index is 0.139. The minimum atomic E-state index is -0.560. The second-order valence-corrected chi connectivity index (χ2v) is 8.76. The highest BCUT2D eigenvalue weighted by molar-refractivity contribution is 5.70. The molecule has 0 aliphatic heterocycles. The molecule has 2 atom stereocenters. The first kappa shape index (κ1) is 33.0. The molecule has 6 heteroatoms. The van der Waals surface area contributed by atoms with E-state index in [9.17, 15) is 9.59 Å². The van der Waals surface area contributed by atoms with Gasteiger partial charge in [-0.2, -0.15) is 0 Å². The van der Waals surface area contributed by atoms with Gasteiger partial charge in [-0.1, -0.05) is 90.9 Å². The molecule has 0 aliphatic rings. The second-order valence-electron chi connectivity index (χ2n) is 8.76. The Labute approximate surface area is 197 Å². The van der Waals surface area contributed by atoms with Crippen LogP contribution in [0.1, 0.15) is 130 Å². The Morgan fingerprint density at radius 2 is 1.06 bits per heavy atom. The standard InChI is InChI=1S/C23H44O4.C3H8O2/c1-4-6-8-10-12-14-16-18-22(24)26-20-21(3)27-23(25)19-17-15-13-11-9-7-5-2;1-3(5)2-4/h21H,4-20H2,1-3H3;3-5H,2H2,1H3. The quantitative estimate of drug-likeness (QED) is 0.168. The van der Waals surface area contributed by atoms with Gasteiger partial charge in [0.05, 0.1) is 12.7 Å². The molecule has 192 valence electrons. The predicted molar refractivity (Wildman–Crippen MR) is 130 cm³/mol. The fourth-order valence-corrected chi connectivity index (χ4v) is 3.05. The first-order valence-electron chi connectivity index (χ1n) is 13.0. The maximum Gasteiger partial charge on any atom is 0.306 e. The molecule has 6 nitrogen and oxygen atoms in total. The van der Waals surface area contributed by atoms with Crippen LogP contribution in [0.3, 0.4) is 0 Å². The topological polar surface area (TPSA) is 93.1 Å². The zero-order chi connectivity index (χ0) is 24.5. The summed E-state index contributed by atoms with van der Waals surface area (Å²) in [4.78, 5) is 23.5.